The highest BCUT2D eigenvalue weighted by molar-refractivity contribution is 5.78. The van der Waals surface area contributed by atoms with Crippen molar-refractivity contribution in [2.24, 2.45) is 5.92 Å². The lowest BCUT2D eigenvalue weighted by Gasteiger charge is -2.34. The second-order valence-electron chi connectivity index (χ2n) is 12.4. The predicted molar refractivity (Wildman–Crippen MR) is 180 cm³/mol. The number of fused-ring (bicyclic) bond motifs is 1. The number of benzene rings is 2. The molecular weight excluding hydrogens is 492 g/mol. The fraction of sp³-hybridized carbons (Fsp3) is 0.317. The summed E-state index contributed by atoms with van der Waals surface area (Å²) in [6, 6.07) is 14.0. The first-order valence-corrected chi connectivity index (χ1v) is 15.4. The first kappa shape index (κ1) is 28.9. The third-order valence-electron chi connectivity index (χ3n) is 9.48. The van der Waals surface area contributed by atoms with Crippen LogP contribution in [0.1, 0.15) is 92.7 Å². The van der Waals surface area contributed by atoms with E-state index in [0.29, 0.717) is 5.92 Å². The van der Waals surface area contributed by atoms with Gasteiger partial charge in [-0.2, -0.15) is 0 Å². The molecule has 0 saturated heterocycles. The van der Waals surface area contributed by atoms with Crippen molar-refractivity contribution in [1.29, 1.82) is 0 Å². The quantitative estimate of drug-likeness (QED) is 0.313. The van der Waals surface area contributed by atoms with E-state index in [0.717, 1.165) is 37.7 Å². The summed E-state index contributed by atoms with van der Waals surface area (Å²) in [6.45, 7) is 26.8. The molecule has 0 spiro atoms. The zero-order valence-electron chi connectivity index (χ0n) is 26.1. The molecule has 2 unspecified atom stereocenters. The maximum absolute atomic E-state index is 4.75. The van der Waals surface area contributed by atoms with E-state index >= 15 is 0 Å². The van der Waals surface area contributed by atoms with Crippen LogP contribution in [0.25, 0.3) is 11.1 Å². The minimum atomic E-state index is 0.278. The molecule has 3 aliphatic rings. The molecular formula is C41H46. The highest BCUT2D eigenvalue weighted by Crippen LogP contribution is 2.55. The van der Waals surface area contributed by atoms with Gasteiger partial charge in [-0.15, -0.1) is 0 Å². The number of aryl methyl sites for hydroxylation is 2. The van der Waals surface area contributed by atoms with Crippen molar-refractivity contribution in [3.8, 4) is 0 Å². The molecule has 0 aromatic heterocycles. The molecule has 2 aromatic rings. The third-order valence-corrected chi connectivity index (χ3v) is 9.48. The van der Waals surface area contributed by atoms with Gasteiger partial charge in [-0.25, -0.2) is 0 Å². The summed E-state index contributed by atoms with van der Waals surface area (Å²) < 4.78 is 0. The lowest BCUT2D eigenvalue weighted by molar-refractivity contribution is 0.619. The maximum Gasteiger partial charge on any atom is 0.0201 e. The molecule has 0 N–H and O–H groups in total. The van der Waals surface area contributed by atoms with Crippen molar-refractivity contribution in [3.63, 3.8) is 0 Å². The van der Waals surface area contributed by atoms with Crippen molar-refractivity contribution < 1.29 is 0 Å². The minimum absolute atomic E-state index is 0.278. The van der Waals surface area contributed by atoms with Crippen molar-refractivity contribution in [2.45, 2.75) is 79.6 Å². The summed E-state index contributed by atoms with van der Waals surface area (Å²) in [6.07, 6.45) is 14.6. The van der Waals surface area contributed by atoms with E-state index in [-0.39, 0.29) is 5.92 Å². The molecule has 0 heterocycles. The Morgan fingerprint density at radius 3 is 2.34 bits per heavy atom. The molecule has 0 heteroatoms. The van der Waals surface area contributed by atoms with Crippen molar-refractivity contribution in [1.82, 2.24) is 0 Å². The van der Waals surface area contributed by atoms with Crippen LogP contribution >= 0.6 is 0 Å². The molecule has 3 aliphatic carbocycles. The Labute approximate surface area is 249 Å². The molecule has 1 saturated carbocycles. The van der Waals surface area contributed by atoms with Crippen LogP contribution in [0.2, 0.25) is 0 Å². The van der Waals surface area contributed by atoms with Gasteiger partial charge >= 0.3 is 0 Å². The largest absolute Gasteiger partial charge is 0.0955 e. The van der Waals surface area contributed by atoms with Gasteiger partial charge in [-0.3, -0.25) is 0 Å². The second-order valence-corrected chi connectivity index (χ2v) is 12.4. The van der Waals surface area contributed by atoms with E-state index in [1.807, 2.05) is 0 Å². The topological polar surface area (TPSA) is 0 Å². The SMILES string of the molecule is C=C(CCC)C1=C(C)C=C2C/C(=C\C3=CC=C(c4cc(C)c(C)c(C(=C)C)c4)C3)C(=C)C2C1c1ccc(CC)cc1. The van der Waals surface area contributed by atoms with Crippen LogP contribution in [0.5, 0.6) is 0 Å². The Balaban J connectivity index is 1.44. The smallest absolute Gasteiger partial charge is 0.0201 e. The van der Waals surface area contributed by atoms with E-state index in [1.54, 1.807) is 0 Å². The van der Waals surface area contributed by atoms with Gasteiger partial charge in [0.1, 0.15) is 0 Å². The molecule has 5 rings (SSSR count). The molecule has 1 fully saturated rings. The highest BCUT2D eigenvalue weighted by Gasteiger charge is 2.41. The Kier molecular flexibility index (Phi) is 8.23. The predicted octanol–water partition coefficient (Wildman–Crippen LogP) is 11.5. The molecule has 2 aromatic carbocycles. The lowest BCUT2D eigenvalue weighted by Crippen LogP contribution is -2.21. The van der Waals surface area contributed by atoms with Crippen LogP contribution in [-0.4, -0.2) is 0 Å². The van der Waals surface area contributed by atoms with Gasteiger partial charge in [-0.05, 0) is 126 Å². The van der Waals surface area contributed by atoms with E-state index < -0.39 is 0 Å². The highest BCUT2D eigenvalue weighted by atomic mass is 14.4. The lowest BCUT2D eigenvalue weighted by atomic mass is 9.69. The molecule has 0 radical (unpaired) electrons. The van der Waals surface area contributed by atoms with Gasteiger partial charge in [0.25, 0.3) is 0 Å². The summed E-state index contributed by atoms with van der Waals surface area (Å²) in [5.41, 5.74) is 20.1. The first-order chi connectivity index (χ1) is 19.6. The second kappa shape index (κ2) is 11.7. The van der Waals surface area contributed by atoms with Crippen molar-refractivity contribution >= 4 is 11.1 Å². The van der Waals surface area contributed by atoms with Gasteiger partial charge in [0.15, 0.2) is 0 Å². The molecule has 0 aliphatic heterocycles. The third kappa shape index (κ3) is 5.50. The number of allylic oxidation sites excluding steroid dienone is 13. The molecule has 0 amide bonds. The Morgan fingerprint density at radius 2 is 1.68 bits per heavy atom. The van der Waals surface area contributed by atoms with Crippen molar-refractivity contribution in [3.05, 3.63) is 153 Å². The Hall–Kier alpha value is -3.64. The average Bonchev–Trinajstić information content (AvgIpc) is 3.53. The van der Waals surface area contributed by atoms with Crippen LogP contribution < -0.4 is 0 Å². The normalized spacial score (nSPS) is 21.2. The fourth-order valence-electron chi connectivity index (χ4n) is 7.14. The minimum Gasteiger partial charge on any atom is -0.0955 e. The van der Waals surface area contributed by atoms with Crippen LogP contribution in [0.15, 0.2) is 119 Å². The zero-order valence-corrected chi connectivity index (χ0v) is 26.1. The van der Waals surface area contributed by atoms with E-state index in [9.17, 15) is 0 Å². The van der Waals surface area contributed by atoms with Gasteiger partial charge in [0.2, 0.25) is 0 Å². The molecule has 0 bridgehead atoms. The summed E-state index contributed by atoms with van der Waals surface area (Å²) in [5.74, 6) is 0.578. The number of hydrogen-bond acceptors (Lipinski definition) is 0. The standard InChI is InChI=1S/C41H46/c1-10-12-26(5)39-28(7)20-37-23-35(30(9)40(37)41(39)33-16-13-31(11-2)14-17-33)22-32-15-18-34(21-32)36-19-27(6)29(8)38(24-36)25(3)4/h13-20,22,24,40-41H,3,5,9-12,21,23H2,1-2,4,6-8H3/b35-22+. The molecule has 0 nitrogen and oxygen atoms in total. The monoisotopic (exact) mass is 538 g/mol. The van der Waals surface area contributed by atoms with Crippen LogP contribution in [0.3, 0.4) is 0 Å². The molecule has 2 atom stereocenters. The van der Waals surface area contributed by atoms with Crippen LogP contribution in [-0.2, 0) is 6.42 Å². The first-order valence-electron chi connectivity index (χ1n) is 15.4. The molecule has 210 valence electrons. The van der Waals surface area contributed by atoms with Crippen LogP contribution in [0.4, 0.5) is 0 Å². The molecule has 41 heavy (non-hydrogen) atoms. The Morgan fingerprint density at radius 1 is 0.951 bits per heavy atom. The van der Waals surface area contributed by atoms with E-state index in [1.165, 1.54) is 78.0 Å². The van der Waals surface area contributed by atoms with E-state index in [2.05, 4.69) is 115 Å². The Bertz CT molecular complexity index is 1590. The summed E-state index contributed by atoms with van der Waals surface area (Å²) in [7, 11) is 0. The number of rotatable bonds is 8. The van der Waals surface area contributed by atoms with Crippen LogP contribution in [0, 0.1) is 19.8 Å². The van der Waals surface area contributed by atoms with Crippen molar-refractivity contribution in [2.75, 3.05) is 0 Å². The zero-order chi connectivity index (χ0) is 29.4. The summed E-state index contributed by atoms with van der Waals surface area (Å²) in [4.78, 5) is 0. The van der Waals surface area contributed by atoms with Gasteiger partial charge in [0, 0.05) is 11.8 Å². The van der Waals surface area contributed by atoms with E-state index in [4.69, 9.17) is 6.58 Å². The average molecular weight is 539 g/mol. The van der Waals surface area contributed by atoms with Gasteiger partial charge in [-0.1, -0.05) is 111 Å². The summed E-state index contributed by atoms with van der Waals surface area (Å²) >= 11 is 0. The summed E-state index contributed by atoms with van der Waals surface area (Å²) in [5, 5.41) is 0. The van der Waals surface area contributed by atoms with Gasteiger partial charge < -0.3 is 0 Å². The maximum atomic E-state index is 4.75. The van der Waals surface area contributed by atoms with Gasteiger partial charge in [0.05, 0.1) is 0 Å². The number of hydrogen-bond donors (Lipinski definition) is 0. The fourth-order valence-corrected chi connectivity index (χ4v) is 7.14.